The van der Waals surface area contributed by atoms with E-state index in [9.17, 15) is 0 Å². The molecule has 1 heterocycles. The molecule has 1 aromatic carbocycles. The summed E-state index contributed by atoms with van der Waals surface area (Å²) < 4.78 is 1.99. The number of hydrogen-bond acceptors (Lipinski definition) is 2. The van der Waals surface area contributed by atoms with Gasteiger partial charge < -0.3 is 5.32 Å². The highest BCUT2D eigenvalue weighted by molar-refractivity contribution is 5.81. The maximum Gasteiger partial charge on any atom is 0.0706 e. The van der Waals surface area contributed by atoms with Gasteiger partial charge in [0.1, 0.15) is 0 Å². The Balaban J connectivity index is 2.21. The molecule has 0 aliphatic heterocycles. The second kappa shape index (κ2) is 5.53. The van der Waals surface area contributed by atoms with E-state index in [1.54, 1.807) is 0 Å². The Morgan fingerprint density at radius 2 is 1.94 bits per heavy atom. The fourth-order valence-corrected chi connectivity index (χ4v) is 2.47. The lowest BCUT2D eigenvalue weighted by Gasteiger charge is -2.18. The largest absolute Gasteiger partial charge is 0.319 e. The Labute approximate surface area is 109 Å². The number of nitrogens with one attached hydrogen (secondary N) is 1. The first-order chi connectivity index (χ1) is 8.63. The molecule has 0 spiro atoms. The number of aromatic nitrogens is 2. The second-order valence-corrected chi connectivity index (χ2v) is 5.30. The third kappa shape index (κ3) is 2.56. The summed E-state index contributed by atoms with van der Waals surface area (Å²) in [4.78, 5) is 0. The monoisotopic (exact) mass is 245 g/mol. The van der Waals surface area contributed by atoms with Crippen molar-refractivity contribution in [2.45, 2.75) is 20.3 Å². The van der Waals surface area contributed by atoms with Gasteiger partial charge in [-0.3, -0.25) is 4.68 Å². The van der Waals surface area contributed by atoms with Gasteiger partial charge in [-0.1, -0.05) is 32.0 Å². The van der Waals surface area contributed by atoms with Crippen molar-refractivity contribution in [3.63, 3.8) is 0 Å². The summed E-state index contributed by atoms with van der Waals surface area (Å²) in [5, 5.41) is 9.21. The van der Waals surface area contributed by atoms with Crippen LogP contribution in [-0.2, 0) is 13.5 Å². The molecule has 2 atom stereocenters. The lowest BCUT2D eigenvalue weighted by molar-refractivity contribution is 0.372. The first-order valence-corrected chi connectivity index (χ1v) is 6.68. The number of benzene rings is 1. The molecule has 0 aliphatic carbocycles. The highest BCUT2D eigenvalue weighted by Gasteiger charge is 2.16. The topological polar surface area (TPSA) is 29.9 Å². The van der Waals surface area contributed by atoms with Gasteiger partial charge >= 0.3 is 0 Å². The van der Waals surface area contributed by atoms with E-state index < -0.39 is 0 Å². The Kier molecular flexibility index (Phi) is 4.02. The minimum absolute atomic E-state index is 0.635. The quantitative estimate of drug-likeness (QED) is 0.877. The molecule has 3 heteroatoms. The smallest absolute Gasteiger partial charge is 0.0706 e. The minimum Gasteiger partial charge on any atom is -0.319 e. The second-order valence-electron chi connectivity index (χ2n) is 5.30. The number of para-hydroxylation sites is 1. The maximum absolute atomic E-state index is 4.67. The first-order valence-electron chi connectivity index (χ1n) is 6.68. The zero-order valence-corrected chi connectivity index (χ0v) is 11.8. The number of aryl methyl sites for hydroxylation is 1. The van der Waals surface area contributed by atoms with Crippen molar-refractivity contribution < 1.29 is 0 Å². The molecule has 0 fully saturated rings. The molecule has 18 heavy (non-hydrogen) atoms. The van der Waals surface area contributed by atoms with Crippen LogP contribution in [0.15, 0.2) is 24.3 Å². The van der Waals surface area contributed by atoms with Crippen molar-refractivity contribution in [3.8, 4) is 0 Å². The van der Waals surface area contributed by atoms with Crippen molar-refractivity contribution in [2.75, 3.05) is 13.6 Å². The molecule has 2 aromatic rings. The highest BCUT2D eigenvalue weighted by atomic mass is 15.3. The van der Waals surface area contributed by atoms with E-state index in [0.29, 0.717) is 11.8 Å². The van der Waals surface area contributed by atoms with Crippen LogP contribution in [0.2, 0.25) is 0 Å². The standard InChI is InChI=1S/C15H23N3/c1-11(12(2)10-16-3)9-14-13-7-5-6-8-15(13)18(4)17-14/h5-8,11-12,16H,9-10H2,1-4H3. The summed E-state index contributed by atoms with van der Waals surface area (Å²) in [5.74, 6) is 1.30. The van der Waals surface area contributed by atoms with Crippen molar-refractivity contribution in [1.82, 2.24) is 15.1 Å². The van der Waals surface area contributed by atoms with E-state index >= 15 is 0 Å². The van der Waals surface area contributed by atoms with E-state index in [1.165, 1.54) is 16.6 Å². The summed E-state index contributed by atoms with van der Waals surface area (Å²) in [5.41, 5.74) is 2.45. The zero-order valence-electron chi connectivity index (χ0n) is 11.8. The van der Waals surface area contributed by atoms with Gasteiger partial charge in [0.25, 0.3) is 0 Å². The summed E-state index contributed by atoms with van der Waals surface area (Å²) in [6.07, 6.45) is 1.05. The molecule has 2 unspecified atom stereocenters. The molecule has 0 bridgehead atoms. The molecular formula is C15H23N3. The molecule has 3 nitrogen and oxygen atoms in total. The molecule has 0 saturated carbocycles. The molecule has 0 radical (unpaired) electrons. The Hall–Kier alpha value is -1.35. The molecular weight excluding hydrogens is 222 g/mol. The van der Waals surface area contributed by atoms with Crippen molar-refractivity contribution in [1.29, 1.82) is 0 Å². The number of hydrogen-bond donors (Lipinski definition) is 1. The summed E-state index contributed by atoms with van der Waals surface area (Å²) in [6.45, 7) is 5.67. The number of rotatable bonds is 5. The minimum atomic E-state index is 0.635. The van der Waals surface area contributed by atoms with E-state index in [2.05, 4.69) is 48.5 Å². The average Bonchev–Trinajstić information content (AvgIpc) is 2.67. The van der Waals surface area contributed by atoms with Gasteiger partial charge in [0.05, 0.1) is 11.2 Å². The third-order valence-corrected chi connectivity index (χ3v) is 3.85. The van der Waals surface area contributed by atoms with Crippen LogP contribution in [0.5, 0.6) is 0 Å². The van der Waals surface area contributed by atoms with Crippen LogP contribution >= 0.6 is 0 Å². The van der Waals surface area contributed by atoms with E-state index in [0.717, 1.165) is 13.0 Å². The highest BCUT2D eigenvalue weighted by Crippen LogP contribution is 2.22. The van der Waals surface area contributed by atoms with Gasteiger partial charge in [-0.05, 0) is 37.9 Å². The van der Waals surface area contributed by atoms with Crippen molar-refractivity contribution in [2.24, 2.45) is 18.9 Å². The SMILES string of the molecule is CNCC(C)C(C)Cc1nn(C)c2ccccc12. The van der Waals surface area contributed by atoms with Crippen LogP contribution < -0.4 is 5.32 Å². The van der Waals surface area contributed by atoms with E-state index in [4.69, 9.17) is 0 Å². The molecule has 1 N–H and O–H groups in total. The van der Waals surface area contributed by atoms with Crippen LogP contribution in [0, 0.1) is 11.8 Å². The first kappa shape index (κ1) is 13.1. The lowest BCUT2D eigenvalue weighted by Crippen LogP contribution is -2.23. The number of nitrogens with zero attached hydrogens (tertiary/aromatic N) is 2. The van der Waals surface area contributed by atoms with Gasteiger partial charge in [0, 0.05) is 12.4 Å². The van der Waals surface area contributed by atoms with Crippen LogP contribution in [0.1, 0.15) is 19.5 Å². The predicted molar refractivity (Wildman–Crippen MR) is 76.7 cm³/mol. The van der Waals surface area contributed by atoms with Gasteiger partial charge in [-0.15, -0.1) is 0 Å². The fourth-order valence-electron chi connectivity index (χ4n) is 2.47. The van der Waals surface area contributed by atoms with Crippen molar-refractivity contribution in [3.05, 3.63) is 30.0 Å². The van der Waals surface area contributed by atoms with Crippen molar-refractivity contribution >= 4 is 10.9 Å². The van der Waals surface area contributed by atoms with Crippen LogP contribution in [0.4, 0.5) is 0 Å². The lowest BCUT2D eigenvalue weighted by atomic mass is 9.91. The average molecular weight is 245 g/mol. The maximum atomic E-state index is 4.67. The summed E-state index contributed by atoms with van der Waals surface area (Å²) in [7, 11) is 4.03. The van der Waals surface area contributed by atoms with Gasteiger partial charge in [-0.2, -0.15) is 5.10 Å². The molecule has 98 valence electrons. The molecule has 0 amide bonds. The fraction of sp³-hybridized carbons (Fsp3) is 0.533. The molecule has 2 rings (SSSR count). The predicted octanol–water partition coefficient (Wildman–Crippen LogP) is 2.61. The van der Waals surface area contributed by atoms with Gasteiger partial charge in [0.2, 0.25) is 0 Å². The third-order valence-electron chi connectivity index (χ3n) is 3.85. The van der Waals surface area contributed by atoms with Crippen LogP contribution in [0.3, 0.4) is 0 Å². The van der Waals surface area contributed by atoms with Crippen LogP contribution in [-0.4, -0.2) is 23.4 Å². The number of fused-ring (bicyclic) bond motifs is 1. The zero-order chi connectivity index (χ0) is 13.1. The molecule has 0 saturated heterocycles. The van der Waals surface area contributed by atoms with E-state index in [-0.39, 0.29) is 0 Å². The molecule has 1 aromatic heterocycles. The van der Waals surface area contributed by atoms with Crippen LogP contribution in [0.25, 0.3) is 10.9 Å². The van der Waals surface area contributed by atoms with Gasteiger partial charge in [-0.25, -0.2) is 0 Å². The Morgan fingerprint density at radius 3 is 2.67 bits per heavy atom. The Bertz CT molecular complexity index is 515. The Morgan fingerprint density at radius 1 is 1.22 bits per heavy atom. The summed E-state index contributed by atoms with van der Waals surface area (Å²) in [6, 6.07) is 8.47. The van der Waals surface area contributed by atoms with Gasteiger partial charge in [0.15, 0.2) is 0 Å². The van der Waals surface area contributed by atoms with E-state index in [1.807, 2.05) is 18.8 Å². The summed E-state index contributed by atoms with van der Waals surface area (Å²) >= 11 is 0. The normalized spacial score (nSPS) is 14.9. The molecule has 0 aliphatic rings.